The zero-order valence-electron chi connectivity index (χ0n) is 14.1. The van der Waals surface area contributed by atoms with Crippen molar-refractivity contribution in [1.29, 1.82) is 0 Å². The number of nitro groups is 1. The minimum atomic E-state index is -0.491. The van der Waals surface area contributed by atoms with Gasteiger partial charge in [0.25, 0.3) is 5.69 Å². The van der Waals surface area contributed by atoms with E-state index in [0.29, 0.717) is 17.0 Å². The fourth-order valence-corrected chi connectivity index (χ4v) is 2.53. The quantitative estimate of drug-likeness (QED) is 0.486. The van der Waals surface area contributed by atoms with Crippen LogP contribution in [0, 0.1) is 17.0 Å². The standard InChI is InChI=1S/C18H20N2O4/c1-11-5-8-18(24-4)15(9-11)12(2)19-16-7-6-14(13(3)21)10-17(16)20(22)23/h5-10,12,19H,1-4H3/t12-/m0/s1. The second-order valence-corrected chi connectivity index (χ2v) is 5.66. The molecule has 0 aliphatic heterocycles. The Bertz CT molecular complexity index is 787. The topological polar surface area (TPSA) is 81.5 Å². The number of carbonyl (C=O) groups excluding carboxylic acids is 1. The zero-order valence-corrected chi connectivity index (χ0v) is 14.1. The lowest BCUT2D eigenvalue weighted by Crippen LogP contribution is -2.10. The van der Waals surface area contributed by atoms with E-state index in [1.165, 1.54) is 13.0 Å². The van der Waals surface area contributed by atoms with Crippen LogP contribution in [0.1, 0.15) is 41.4 Å². The lowest BCUT2D eigenvalue weighted by atomic mass is 10.0. The number of ether oxygens (including phenoxy) is 1. The summed E-state index contributed by atoms with van der Waals surface area (Å²) in [6.45, 7) is 5.26. The van der Waals surface area contributed by atoms with Gasteiger partial charge in [0.15, 0.2) is 5.78 Å². The molecule has 2 aromatic carbocycles. The van der Waals surface area contributed by atoms with Crippen LogP contribution in [0.25, 0.3) is 0 Å². The first-order valence-electron chi connectivity index (χ1n) is 7.54. The van der Waals surface area contributed by atoms with Crippen molar-refractivity contribution in [2.75, 3.05) is 12.4 Å². The average Bonchev–Trinajstić information content (AvgIpc) is 2.54. The smallest absolute Gasteiger partial charge is 0.293 e. The van der Waals surface area contributed by atoms with E-state index in [1.807, 2.05) is 32.0 Å². The molecule has 0 saturated carbocycles. The van der Waals surface area contributed by atoms with E-state index in [4.69, 9.17) is 4.74 Å². The maximum Gasteiger partial charge on any atom is 0.293 e. The molecule has 0 saturated heterocycles. The first-order valence-corrected chi connectivity index (χ1v) is 7.54. The van der Waals surface area contributed by atoms with Crippen molar-refractivity contribution < 1.29 is 14.5 Å². The van der Waals surface area contributed by atoms with Crippen LogP contribution >= 0.6 is 0 Å². The molecular weight excluding hydrogens is 308 g/mol. The molecule has 24 heavy (non-hydrogen) atoms. The minimum Gasteiger partial charge on any atom is -0.496 e. The summed E-state index contributed by atoms with van der Waals surface area (Å²) in [4.78, 5) is 22.3. The Hall–Kier alpha value is -2.89. The molecule has 0 spiro atoms. The third-order valence-electron chi connectivity index (χ3n) is 3.82. The van der Waals surface area contributed by atoms with Crippen molar-refractivity contribution in [3.8, 4) is 5.75 Å². The first kappa shape index (κ1) is 17.5. The zero-order chi connectivity index (χ0) is 17.9. The number of ketones is 1. The van der Waals surface area contributed by atoms with Gasteiger partial charge in [0.1, 0.15) is 11.4 Å². The third kappa shape index (κ3) is 3.71. The van der Waals surface area contributed by atoms with E-state index in [9.17, 15) is 14.9 Å². The normalized spacial score (nSPS) is 11.7. The van der Waals surface area contributed by atoms with Gasteiger partial charge in [-0.3, -0.25) is 14.9 Å². The molecule has 1 atom stereocenters. The number of Topliss-reactive ketones (excluding diaryl/α,β-unsaturated/α-hetero) is 1. The molecule has 0 aromatic heterocycles. The number of anilines is 1. The molecule has 0 unspecified atom stereocenters. The van der Waals surface area contributed by atoms with Gasteiger partial charge in [-0.15, -0.1) is 0 Å². The maximum absolute atomic E-state index is 11.4. The number of nitrogens with zero attached hydrogens (tertiary/aromatic N) is 1. The Labute approximate surface area is 140 Å². The highest BCUT2D eigenvalue weighted by Crippen LogP contribution is 2.32. The molecule has 2 aromatic rings. The van der Waals surface area contributed by atoms with Crippen LogP contribution in [0.15, 0.2) is 36.4 Å². The number of benzene rings is 2. The predicted octanol–water partition coefficient (Wildman–Crippen LogP) is 4.29. The van der Waals surface area contributed by atoms with E-state index in [-0.39, 0.29) is 17.5 Å². The fraction of sp³-hybridized carbons (Fsp3) is 0.278. The van der Waals surface area contributed by atoms with Crippen LogP contribution in [0.2, 0.25) is 0 Å². The lowest BCUT2D eigenvalue weighted by Gasteiger charge is -2.19. The van der Waals surface area contributed by atoms with E-state index in [2.05, 4.69) is 5.32 Å². The second-order valence-electron chi connectivity index (χ2n) is 5.66. The fourth-order valence-electron chi connectivity index (χ4n) is 2.53. The molecule has 0 radical (unpaired) electrons. The number of aryl methyl sites for hydroxylation is 1. The van der Waals surface area contributed by atoms with Crippen LogP contribution in [0.4, 0.5) is 11.4 Å². The molecule has 6 heteroatoms. The third-order valence-corrected chi connectivity index (χ3v) is 3.82. The summed E-state index contributed by atoms with van der Waals surface area (Å²) in [5.74, 6) is 0.502. The van der Waals surface area contributed by atoms with Gasteiger partial charge >= 0.3 is 0 Å². The van der Waals surface area contributed by atoms with E-state index in [0.717, 1.165) is 11.1 Å². The lowest BCUT2D eigenvalue weighted by molar-refractivity contribution is -0.384. The van der Waals surface area contributed by atoms with Gasteiger partial charge in [0.05, 0.1) is 18.1 Å². The Morgan fingerprint density at radius 1 is 1.25 bits per heavy atom. The van der Waals surface area contributed by atoms with E-state index in [1.54, 1.807) is 19.2 Å². The summed E-state index contributed by atoms with van der Waals surface area (Å²) in [7, 11) is 1.59. The minimum absolute atomic E-state index is 0.124. The largest absolute Gasteiger partial charge is 0.496 e. The van der Waals surface area contributed by atoms with E-state index < -0.39 is 4.92 Å². The van der Waals surface area contributed by atoms with Crippen molar-refractivity contribution in [2.45, 2.75) is 26.8 Å². The van der Waals surface area contributed by atoms with Gasteiger partial charge in [-0.1, -0.05) is 17.7 Å². The van der Waals surface area contributed by atoms with Gasteiger partial charge in [-0.25, -0.2) is 0 Å². The van der Waals surface area contributed by atoms with Crippen molar-refractivity contribution in [3.63, 3.8) is 0 Å². The number of hydrogen-bond donors (Lipinski definition) is 1. The van der Waals surface area contributed by atoms with Crippen molar-refractivity contribution in [1.82, 2.24) is 0 Å². The van der Waals surface area contributed by atoms with Crippen LogP contribution in [-0.2, 0) is 0 Å². The van der Waals surface area contributed by atoms with Crippen molar-refractivity contribution >= 4 is 17.2 Å². The highest BCUT2D eigenvalue weighted by molar-refractivity contribution is 5.95. The number of hydrogen-bond acceptors (Lipinski definition) is 5. The number of nitro benzene ring substituents is 1. The SMILES string of the molecule is COc1ccc(C)cc1[C@H](C)Nc1ccc(C(C)=O)cc1[N+](=O)[O-]. The number of carbonyl (C=O) groups is 1. The summed E-state index contributed by atoms with van der Waals surface area (Å²) in [5, 5.41) is 14.5. The molecule has 0 aliphatic rings. The summed E-state index contributed by atoms with van der Waals surface area (Å²) < 4.78 is 5.37. The molecule has 6 nitrogen and oxygen atoms in total. The van der Waals surface area contributed by atoms with Gasteiger partial charge < -0.3 is 10.1 Å². The van der Waals surface area contributed by atoms with Crippen LogP contribution < -0.4 is 10.1 Å². The Balaban J connectivity index is 2.38. The molecule has 126 valence electrons. The molecular formula is C18H20N2O4. The van der Waals surface area contributed by atoms with Crippen molar-refractivity contribution in [3.05, 3.63) is 63.2 Å². The highest BCUT2D eigenvalue weighted by Gasteiger charge is 2.19. The Morgan fingerprint density at radius 2 is 1.96 bits per heavy atom. The maximum atomic E-state index is 11.4. The monoisotopic (exact) mass is 328 g/mol. The molecule has 0 aliphatic carbocycles. The summed E-state index contributed by atoms with van der Waals surface area (Å²) in [6, 6.07) is 10.0. The Morgan fingerprint density at radius 3 is 2.54 bits per heavy atom. The van der Waals surface area contributed by atoms with Crippen LogP contribution in [0.5, 0.6) is 5.75 Å². The van der Waals surface area contributed by atoms with Gasteiger partial charge in [-0.2, -0.15) is 0 Å². The molecule has 0 amide bonds. The van der Waals surface area contributed by atoms with Crippen LogP contribution in [0.3, 0.4) is 0 Å². The summed E-state index contributed by atoms with van der Waals surface area (Å²) in [6.07, 6.45) is 0. The number of rotatable bonds is 6. The van der Waals surface area contributed by atoms with E-state index >= 15 is 0 Å². The Kier molecular flexibility index (Phi) is 5.18. The van der Waals surface area contributed by atoms with Gasteiger partial charge in [-0.05, 0) is 39.0 Å². The predicted molar refractivity (Wildman–Crippen MR) is 92.9 cm³/mol. The molecule has 0 bridgehead atoms. The number of methoxy groups -OCH3 is 1. The molecule has 2 rings (SSSR count). The van der Waals surface area contributed by atoms with Gasteiger partial charge in [0, 0.05) is 17.2 Å². The average molecular weight is 328 g/mol. The highest BCUT2D eigenvalue weighted by atomic mass is 16.6. The molecule has 0 heterocycles. The van der Waals surface area contributed by atoms with Crippen LogP contribution in [-0.4, -0.2) is 17.8 Å². The first-order chi connectivity index (χ1) is 11.3. The molecule has 0 fully saturated rings. The number of nitrogens with one attached hydrogen (secondary N) is 1. The summed E-state index contributed by atoms with van der Waals surface area (Å²) in [5.41, 5.74) is 2.53. The summed E-state index contributed by atoms with van der Waals surface area (Å²) >= 11 is 0. The van der Waals surface area contributed by atoms with Crippen molar-refractivity contribution in [2.24, 2.45) is 0 Å². The van der Waals surface area contributed by atoms with Gasteiger partial charge in [0.2, 0.25) is 0 Å². The second kappa shape index (κ2) is 7.12. The molecule has 1 N–H and O–H groups in total.